The topological polar surface area (TPSA) is 74.2 Å². The fraction of sp³-hybridized carbons (Fsp3) is 0.581. The van der Waals surface area contributed by atoms with Gasteiger partial charge in [0.2, 0.25) is 0 Å². The zero-order valence-electron chi connectivity index (χ0n) is 25.3. The lowest BCUT2D eigenvalue weighted by Crippen LogP contribution is -2.44. The Balaban J connectivity index is 2.35. The molecule has 2 aromatic rings. The first-order valence-corrected chi connectivity index (χ1v) is 14.0. The number of rotatable bonds is 10. The maximum atomic E-state index is 14.6. The van der Waals surface area contributed by atoms with Gasteiger partial charge in [-0.25, -0.2) is 4.79 Å². The van der Waals surface area contributed by atoms with Gasteiger partial charge in [-0.05, 0) is 107 Å². The van der Waals surface area contributed by atoms with Crippen LogP contribution in [0.5, 0.6) is 5.75 Å². The number of ether oxygens (including phenoxy) is 3. The Hall–Kier alpha value is -2.56. The van der Waals surface area contributed by atoms with E-state index in [9.17, 15) is 23.0 Å². The number of alkyl halides is 3. The van der Waals surface area contributed by atoms with Crippen molar-refractivity contribution in [2.45, 2.75) is 97.6 Å². The molecule has 0 spiro atoms. The largest absolute Gasteiger partial charge is 0.493 e. The number of methoxy groups -OCH3 is 1. The van der Waals surface area contributed by atoms with Crippen LogP contribution >= 0.6 is 0 Å². The molecule has 1 atom stereocenters. The molecule has 41 heavy (non-hydrogen) atoms. The normalized spacial score (nSPS) is 14.9. The van der Waals surface area contributed by atoms with Crippen molar-refractivity contribution >= 4 is 18.6 Å². The molecule has 0 radical (unpaired) electrons. The molecule has 3 rings (SSSR count). The maximum absolute atomic E-state index is 14.6. The van der Waals surface area contributed by atoms with Gasteiger partial charge in [-0.2, -0.15) is 13.2 Å². The summed E-state index contributed by atoms with van der Waals surface area (Å²) in [5, 5.41) is 11.4. The molecule has 1 aliphatic heterocycles. The van der Waals surface area contributed by atoms with Crippen molar-refractivity contribution < 1.29 is 41.9 Å². The third-order valence-corrected chi connectivity index (χ3v) is 6.95. The van der Waals surface area contributed by atoms with Crippen molar-refractivity contribution in [2.24, 2.45) is 5.92 Å². The highest BCUT2D eigenvalue weighted by Crippen LogP contribution is 2.43. The predicted octanol–water partition coefficient (Wildman–Crippen LogP) is 6.65. The van der Waals surface area contributed by atoms with Crippen LogP contribution in [-0.2, 0) is 31.5 Å². The number of hydrogen-bond donors (Lipinski definition) is 1. The molecule has 1 aliphatic rings. The number of halogens is 3. The number of carbonyl (C=O) groups is 1. The summed E-state index contributed by atoms with van der Waals surface area (Å²) in [4.78, 5) is 13.1. The number of aryl methyl sites for hydroxylation is 1. The average Bonchev–Trinajstić information content (AvgIpc) is 2.87. The predicted molar refractivity (Wildman–Crippen MR) is 153 cm³/mol. The highest BCUT2D eigenvalue weighted by atomic mass is 19.4. The zero-order valence-corrected chi connectivity index (χ0v) is 25.3. The van der Waals surface area contributed by atoms with Gasteiger partial charge in [0.25, 0.3) is 0 Å². The Morgan fingerprint density at radius 2 is 1.78 bits per heavy atom. The minimum atomic E-state index is -4.84. The second kappa shape index (κ2) is 12.8. The van der Waals surface area contributed by atoms with E-state index >= 15 is 0 Å². The lowest BCUT2D eigenvalue weighted by molar-refractivity contribution is -0.166. The van der Waals surface area contributed by atoms with Crippen molar-refractivity contribution in [1.29, 1.82) is 0 Å². The molecule has 6 nitrogen and oxygen atoms in total. The van der Waals surface area contributed by atoms with Crippen LogP contribution in [0.3, 0.4) is 0 Å². The second-order valence-corrected chi connectivity index (χ2v) is 12.6. The Morgan fingerprint density at radius 3 is 2.37 bits per heavy atom. The van der Waals surface area contributed by atoms with Crippen molar-refractivity contribution in [3.8, 4) is 16.9 Å². The van der Waals surface area contributed by atoms with Crippen molar-refractivity contribution in [2.75, 3.05) is 13.7 Å². The zero-order chi connectivity index (χ0) is 30.8. The smallest absolute Gasteiger partial charge is 0.492 e. The first-order chi connectivity index (χ1) is 18.9. The molecule has 10 heteroatoms. The third-order valence-electron chi connectivity index (χ3n) is 6.95. The lowest BCUT2D eigenvalue weighted by Gasteiger charge is -2.32. The summed E-state index contributed by atoms with van der Waals surface area (Å²) in [5.74, 6) is 0.0614. The number of hydrogen-bond acceptors (Lipinski definition) is 6. The van der Waals surface area contributed by atoms with Crippen LogP contribution in [0.15, 0.2) is 30.3 Å². The molecule has 226 valence electrons. The third kappa shape index (κ3) is 8.49. The number of benzene rings is 2. The number of esters is 1. The van der Waals surface area contributed by atoms with Crippen LogP contribution in [-0.4, -0.2) is 43.0 Å². The summed E-state index contributed by atoms with van der Waals surface area (Å²) >= 11 is 0. The molecule has 0 fully saturated rings. The number of carbonyl (C=O) groups excluding carboxylic acids is 1. The van der Waals surface area contributed by atoms with Crippen LogP contribution in [0.2, 0.25) is 0 Å². The van der Waals surface area contributed by atoms with Crippen molar-refractivity contribution in [3.63, 3.8) is 0 Å². The Labute approximate surface area is 241 Å². The van der Waals surface area contributed by atoms with Crippen LogP contribution in [0.1, 0.15) is 90.5 Å². The first kappa shape index (κ1) is 33.0. The SMILES string of the molecule is COC(=O)C(OC(C)(C)C)c1c(C(F)(F)F)ccc(B(O)OC(C)(C)CCC(C)C)c1-c1ccc2c(c1)CCCO2. The van der Waals surface area contributed by atoms with Crippen LogP contribution < -0.4 is 10.2 Å². The molecule has 1 N–H and O–H groups in total. The van der Waals surface area contributed by atoms with Gasteiger partial charge >= 0.3 is 19.3 Å². The van der Waals surface area contributed by atoms with E-state index in [1.165, 1.54) is 6.07 Å². The summed E-state index contributed by atoms with van der Waals surface area (Å²) in [5.41, 5.74) is -1.98. The number of fused-ring (bicyclic) bond motifs is 1. The molecule has 0 aliphatic carbocycles. The molecule has 0 saturated carbocycles. The molecule has 0 aromatic heterocycles. The highest BCUT2D eigenvalue weighted by Gasteiger charge is 2.43. The van der Waals surface area contributed by atoms with E-state index in [0.29, 0.717) is 36.7 Å². The van der Waals surface area contributed by atoms with Gasteiger partial charge in [0.05, 0.1) is 24.9 Å². The fourth-order valence-corrected chi connectivity index (χ4v) is 4.95. The molecule has 2 aromatic carbocycles. The summed E-state index contributed by atoms with van der Waals surface area (Å²) in [6, 6.07) is 7.17. The van der Waals surface area contributed by atoms with E-state index in [4.69, 9.17) is 18.9 Å². The minimum Gasteiger partial charge on any atom is -0.493 e. The van der Waals surface area contributed by atoms with Crippen LogP contribution in [0.25, 0.3) is 11.1 Å². The van der Waals surface area contributed by atoms with Crippen molar-refractivity contribution in [1.82, 2.24) is 0 Å². The van der Waals surface area contributed by atoms with Gasteiger partial charge < -0.3 is 23.9 Å². The molecule has 1 unspecified atom stereocenters. The Bertz CT molecular complexity index is 1220. The molecular formula is C31H42BF3O6. The standard InChI is InChI=1S/C31H42BF3O6/c1-19(2)15-16-30(6,7)41-32(37)23-13-12-22(31(33,34)35)26(27(28(36)38-8)40-29(3,4)5)25(23)21-11-14-24-20(18-21)10-9-17-39-24/h11-14,18-19,27,37H,9-10,15-17H2,1-8H3. The molecular weight excluding hydrogens is 536 g/mol. The monoisotopic (exact) mass is 578 g/mol. The highest BCUT2D eigenvalue weighted by molar-refractivity contribution is 6.62. The summed E-state index contributed by atoms with van der Waals surface area (Å²) in [7, 11) is -0.489. The minimum absolute atomic E-state index is 0.0139. The van der Waals surface area contributed by atoms with Crippen LogP contribution in [0.4, 0.5) is 13.2 Å². The van der Waals surface area contributed by atoms with E-state index in [1.807, 2.05) is 13.8 Å². The van der Waals surface area contributed by atoms with Gasteiger partial charge in [0, 0.05) is 11.2 Å². The van der Waals surface area contributed by atoms with E-state index in [0.717, 1.165) is 31.6 Å². The Morgan fingerprint density at radius 1 is 1.10 bits per heavy atom. The maximum Gasteiger partial charge on any atom is 0.492 e. The quantitative estimate of drug-likeness (QED) is 0.252. The summed E-state index contributed by atoms with van der Waals surface area (Å²) in [6.45, 7) is 13.3. The van der Waals surface area contributed by atoms with Gasteiger partial charge in [-0.1, -0.05) is 26.0 Å². The van der Waals surface area contributed by atoms with Gasteiger partial charge in [0.1, 0.15) is 5.75 Å². The summed E-state index contributed by atoms with van der Waals surface area (Å²) in [6.07, 6.45) is -3.69. The molecule has 0 amide bonds. The lowest BCUT2D eigenvalue weighted by atomic mass is 9.70. The van der Waals surface area contributed by atoms with E-state index < -0.39 is 47.7 Å². The molecule has 0 saturated heterocycles. The molecule has 0 bridgehead atoms. The average molecular weight is 578 g/mol. The molecule has 1 heterocycles. The second-order valence-electron chi connectivity index (χ2n) is 12.6. The van der Waals surface area contributed by atoms with Crippen LogP contribution in [0, 0.1) is 5.92 Å². The van der Waals surface area contributed by atoms with E-state index in [1.54, 1.807) is 39.0 Å². The van der Waals surface area contributed by atoms with Gasteiger partial charge in [0.15, 0.2) is 6.10 Å². The fourth-order valence-electron chi connectivity index (χ4n) is 4.95. The van der Waals surface area contributed by atoms with Gasteiger partial charge in [-0.3, -0.25) is 0 Å². The van der Waals surface area contributed by atoms with E-state index in [-0.39, 0.29) is 11.0 Å². The van der Waals surface area contributed by atoms with Crippen molar-refractivity contribution in [3.05, 3.63) is 47.0 Å². The summed E-state index contributed by atoms with van der Waals surface area (Å²) < 4.78 is 66.6. The van der Waals surface area contributed by atoms with E-state index in [2.05, 4.69) is 13.8 Å². The first-order valence-electron chi connectivity index (χ1n) is 14.0. The van der Waals surface area contributed by atoms with Gasteiger partial charge in [-0.15, -0.1) is 0 Å². The Kier molecular flexibility index (Phi) is 10.3.